The largest absolute Gasteiger partial charge is 0.481 e. The third-order valence-electron chi connectivity index (χ3n) is 5.77. The number of carboxylic acid groups (broad SMARTS) is 1. The SMILES string of the molecule is CCc1ccc(CN2CCC3(CC2)[C@H](C(=O)O)CC(=O)N3C)nc1. The number of amides is 1. The van der Waals surface area contributed by atoms with Crippen molar-refractivity contribution in [1.29, 1.82) is 0 Å². The van der Waals surface area contributed by atoms with Crippen molar-refractivity contribution in [3.63, 3.8) is 0 Å². The quantitative estimate of drug-likeness (QED) is 0.906. The lowest BCUT2D eigenvalue weighted by Crippen LogP contribution is -2.55. The van der Waals surface area contributed by atoms with Gasteiger partial charge in [-0.05, 0) is 30.9 Å². The van der Waals surface area contributed by atoms with Crippen molar-refractivity contribution in [3.05, 3.63) is 29.6 Å². The summed E-state index contributed by atoms with van der Waals surface area (Å²) in [6.45, 7) is 4.46. The zero-order chi connectivity index (χ0) is 17.3. The molecular formula is C18H25N3O3. The van der Waals surface area contributed by atoms with Gasteiger partial charge in [0.2, 0.25) is 5.91 Å². The predicted molar refractivity (Wildman–Crippen MR) is 89.4 cm³/mol. The molecule has 1 N–H and O–H groups in total. The fourth-order valence-corrected chi connectivity index (χ4v) is 4.07. The van der Waals surface area contributed by atoms with E-state index in [4.69, 9.17) is 0 Å². The predicted octanol–water partition coefficient (Wildman–Crippen LogP) is 1.54. The molecule has 6 heteroatoms. The monoisotopic (exact) mass is 331 g/mol. The first-order chi connectivity index (χ1) is 11.5. The van der Waals surface area contributed by atoms with E-state index in [2.05, 4.69) is 28.9 Å². The molecule has 2 fully saturated rings. The number of hydrogen-bond donors (Lipinski definition) is 1. The maximum absolute atomic E-state index is 12.0. The number of pyridine rings is 1. The average molecular weight is 331 g/mol. The Morgan fingerprint density at radius 1 is 1.38 bits per heavy atom. The van der Waals surface area contributed by atoms with E-state index in [0.29, 0.717) is 12.8 Å². The summed E-state index contributed by atoms with van der Waals surface area (Å²) in [5.74, 6) is -1.48. The van der Waals surface area contributed by atoms with Gasteiger partial charge in [0.05, 0.1) is 17.2 Å². The maximum Gasteiger partial charge on any atom is 0.309 e. The first kappa shape index (κ1) is 16.9. The third kappa shape index (κ3) is 2.90. The lowest BCUT2D eigenvalue weighted by Gasteiger charge is -2.45. The number of nitrogens with zero attached hydrogens (tertiary/aromatic N) is 3. The lowest BCUT2D eigenvalue weighted by atomic mass is 9.77. The molecule has 1 aromatic rings. The van der Waals surface area contributed by atoms with Crippen LogP contribution in [-0.4, -0.2) is 57.4 Å². The van der Waals surface area contributed by atoms with E-state index in [-0.39, 0.29) is 12.3 Å². The summed E-state index contributed by atoms with van der Waals surface area (Å²) in [6, 6.07) is 4.17. The smallest absolute Gasteiger partial charge is 0.309 e. The van der Waals surface area contributed by atoms with Crippen molar-refractivity contribution in [2.75, 3.05) is 20.1 Å². The van der Waals surface area contributed by atoms with Crippen LogP contribution in [0.3, 0.4) is 0 Å². The molecule has 1 atom stereocenters. The molecule has 0 radical (unpaired) electrons. The zero-order valence-electron chi connectivity index (χ0n) is 14.4. The molecule has 24 heavy (non-hydrogen) atoms. The van der Waals surface area contributed by atoms with Crippen LogP contribution in [0.25, 0.3) is 0 Å². The Morgan fingerprint density at radius 2 is 2.08 bits per heavy atom. The molecular weight excluding hydrogens is 306 g/mol. The van der Waals surface area contributed by atoms with E-state index < -0.39 is 17.4 Å². The third-order valence-corrected chi connectivity index (χ3v) is 5.77. The molecule has 0 unspecified atom stereocenters. The van der Waals surface area contributed by atoms with Crippen molar-refractivity contribution in [1.82, 2.24) is 14.8 Å². The van der Waals surface area contributed by atoms with Crippen molar-refractivity contribution in [2.45, 2.75) is 44.7 Å². The highest BCUT2D eigenvalue weighted by Gasteiger charge is 2.55. The molecule has 0 aliphatic carbocycles. The zero-order valence-corrected chi connectivity index (χ0v) is 14.4. The second-order valence-corrected chi connectivity index (χ2v) is 6.94. The van der Waals surface area contributed by atoms with E-state index in [1.807, 2.05) is 6.20 Å². The normalized spacial score (nSPS) is 23.8. The van der Waals surface area contributed by atoms with Gasteiger partial charge in [0, 0.05) is 39.3 Å². The first-order valence-corrected chi connectivity index (χ1v) is 8.62. The standard InChI is InChI=1S/C18H25N3O3/c1-3-13-4-5-14(19-11-13)12-21-8-6-18(7-9-21)15(17(23)24)10-16(22)20(18)2/h4-5,11,15H,3,6-10,12H2,1-2H3,(H,23,24)/t15-/m0/s1. The fraction of sp³-hybridized carbons (Fsp3) is 0.611. The van der Waals surface area contributed by atoms with E-state index in [1.165, 1.54) is 5.56 Å². The Morgan fingerprint density at radius 3 is 2.62 bits per heavy atom. The molecule has 3 rings (SSSR count). The van der Waals surface area contributed by atoms with Crippen LogP contribution < -0.4 is 0 Å². The first-order valence-electron chi connectivity index (χ1n) is 8.62. The van der Waals surface area contributed by atoms with Gasteiger partial charge < -0.3 is 10.0 Å². The minimum atomic E-state index is -0.849. The molecule has 0 aromatic carbocycles. The Hall–Kier alpha value is -1.95. The molecule has 6 nitrogen and oxygen atoms in total. The van der Waals surface area contributed by atoms with Crippen LogP contribution >= 0.6 is 0 Å². The summed E-state index contributed by atoms with van der Waals surface area (Å²) in [4.78, 5) is 32.1. The highest BCUT2D eigenvalue weighted by atomic mass is 16.4. The van der Waals surface area contributed by atoms with Crippen LogP contribution in [0.1, 0.15) is 37.4 Å². The van der Waals surface area contributed by atoms with Gasteiger partial charge in [0.15, 0.2) is 0 Å². The second-order valence-electron chi connectivity index (χ2n) is 6.94. The molecule has 0 bridgehead atoms. The van der Waals surface area contributed by atoms with Gasteiger partial charge in [0.1, 0.15) is 0 Å². The Kier molecular flexibility index (Phi) is 4.58. The van der Waals surface area contributed by atoms with Crippen LogP contribution in [0.15, 0.2) is 18.3 Å². The van der Waals surface area contributed by atoms with E-state index in [9.17, 15) is 14.7 Å². The molecule has 1 spiro atoms. The fourth-order valence-electron chi connectivity index (χ4n) is 4.07. The highest BCUT2D eigenvalue weighted by Crippen LogP contribution is 2.42. The number of piperidine rings is 1. The molecule has 0 saturated carbocycles. The number of rotatable bonds is 4. The summed E-state index contributed by atoms with van der Waals surface area (Å²) < 4.78 is 0. The van der Waals surface area contributed by atoms with Gasteiger partial charge in [-0.1, -0.05) is 13.0 Å². The minimum Gasteiger partial charge on any atom is -0.481 e. The van der Waals surface area contributed by atoms with Crippen molar-refractivity contribution < 1.29 is 14.7 Å². The van der Waals surface area contributed by atoms with Crippen molar-refractivity contribution in [3.8, 4) is 0 Å². The molecule has 1 amide bonds. The Bertz CT molecular complexity index is 621. The van der Waals surface area contributed by atoms with Crippen LogP contribution in [0.2, 0.25) is 0 Å². The van der Waals surface area contributed by atoms with Crippen LogP contribution in [0.5, 0.6) is 0 Å². The second kappa shape index (κ2) is 6.51. The van der Waals surface area contributed by atoms with Crippen molar-refractivity contribution >= 4 is 11.9 Å². The van der Waals surface area contributed by atoms with Crippen LogP contribution in [-0.2, 0) is 22.6 Å². The number of aryl methyl sites for hydroxylation is 1. The van der Waals surface area contributed by atoms with E-state index in [0.717, 1.165) is 31.7 Å². The summed E-state index contributed by atoms with van der Waals surface area (Å²) in [7, 11) is 1.76. The maximum atomic E-state index is 12.0. The van der Waals surface area contributed by atoms with E-state index >= 15 is 0 Å². The number of hydrogen-bond acceptors (Lipinski definition) is 4. The van der Waals surface area contributed by atoms with Gasteiger partial charge in [0.25, 0.3) is 0 Å². The summed E-state index contributed by atoms with van der Waals surface area (Å²) in [5, 5.41) is 9.51. The van der Waals surface area contributed by atoms with Gasteiger partial charge in [-0.3, -0.25) is 19.5 Å². The average Bonchev–Trinajstić information content (AvgIpc) is 2.83. The molecule has 2 saturated heterocycles. The van der Waals surface area contributed by atoms with Crippen LogP contribution in [0.4, 0.5) is 0 Å². The number of carboxylic acids is 1. The summed E-state index contributed by atoms with van der Waals surface area (Å²) >= 11 is 0. The Balaban J connectivity index is 1.66. The van der Waals surface area contributed by atoms with Gasteiger partial charge in [-0.25, -0.2) is 0 Å². The lowest BCUT2D eigenvalue weighted by molar-refractivity contribution is -0.146. The minimum absolute atomic E-state index is 0.0485. The number of carbonyl (C=O) groups is 2. The molecule has 1 aromatic heterocycles. The number of aliphatic carboxylic acids is 1. The molecule has 130 valence electrons. The Labute approximate surface area is 142 Å². The van der Waals surface area contributed by atoms with Gasteiger partial charge in [-0.2, -0.15) is 0 Å². The van der Waals surface area contributed by atoms with E-state index in [1.54, 1.807) is 11.9 Å². The number of aromatic nitrogens is 1. The topological polar surface area (TPSA) is 73.7 Å². The summed E-state index contributed by atoms with van der Waals surface area (Å²) in [5.41, 5.74) is 1.75. The highest BCUT2D eigenvalue weighted by molar-refractivity contribution is 5.88. The number of likely N-dealkylation sites (tertiary alicyclic amines) is 2. The number of carbonyl (C=O) groups excluding carboxylic acids is 1. The van der Waals surface area contributed by atoms with Gasteiger partial charge in [-0.15, -0.1) is 0 Å². The van der Waals surface area contributed by atoms with Gasteiger partial charge >= 0.3 is 5.97 Å². The summed E-state index contributed by atoms with van der Waals surface area (Å²) in [6.07, 6.45) is 4.45. The van der Waals surface area contributed by atoms with Crippen molar-refractivity contribution in [2.24, 2.45) is 5.92 Å². The van der Waals surface area contributed by atoms with Crippen LogP contribution in [0, 0.1) is 5.92 Å². The molecule has 2 aliphatic heterocycles. The molecule has 2 aliphatic rings. The molecule has 3 heterocycles.